The van der Waals surface area contributed by atoms with Gasteiger partial charge in [-0.25, -0.2) is 4.68 Å². The van der Waals surface area contributed by atoms with Crippen LogP contribution in [0.5, 0.6) is 5.75 Å². The fraction of sp³-hybridized carbons (Fsp3) is 0.308. The minimum atomic E-state index is -4.61. The Morgan fingerprint density at radius 3 is 2.56 bits per heavy atom. The lowest BCUT2D eigenvalue weighted by Crippen LogP contribution is -2.46. The molecule has 1 N–H and O–H groups in total. The third-order valence-electron chi connectivity index (χ3n) is 6.49. The van der Waals surface area contributed by atoms with E-state index in [9.17, 15) is 27.6 Å². The van der Waals surface area contributed by atoms with Crippen LogP contribution in [0.25, 0.3) is 5.69 Å². The zero-order valence-electron chi connectivity index (χ0n) is 20.8. The van der Waals surface area contributed by atoms with E-state index >= 15 is 0 Å². The summed E-state index contributed by atoms with van der Waals surface area (Å²) in [6.45, 7) is 1.84. The van der Waals surface area contributed by atoms with Crippen molar-refractivity contribution in [2.75, 3.05) is 7.05 Å². The van der Waals surface area contributed by atoms with Crippen molar-refractivity contribution in [2.24, 2.45) is 0 Å². The van der Waals surface area contributed by atoms with E-state index in [1.807, 2.05) is 0 Å². The molecule has 1 atom stereocenters. The number of hydrogen-bond donors (Lipinski definition) is 1. The van der Waals surface area contributed by atoms with E-state index in [2.05, 4.69) is 10.4 Å². The van der Waals surface area contributed by atoms with Crippen LogP contribution >= 0.6 is 23.2 Å². The van der Waals surface area contributed by atoms with E-state index < -0.39 is 17.8 Å². The lowest BCUT2D eigenvalue weighted by atomic mass is 10.1. The highest BCUT2D eigenvalue weighted by Gasteiger charge is 2.37. The molecule has 8 nitrogen and oxygen atoms in total. The maximum Gasteiger partial charge on any atom is 0.416 e. The van der Waals surface area contributed by atoms with Gasteiger partial charge in [0, 0.05) is 35.9 Å². The lowest BCUT2D eigenvalue weighted by molar-refractivity contribution is -0.137. The molecule has 0 radical (unpaired) electrons. The molecule has 2 heterocycles. The third kappa shape index (κ3) is 5.60. The van der Waals surface area contributed by atoms with Crippen LogP contribution in [0, 0.1) is 6.92 Å². The van der Waals surface area contributed by atoms with Crippen LogP contribution in [-0.4, -0.2) is 45.9 Å². The molecule has 1 aliphatic heterocycles. The number of rotatable bonds is 9. The fourth-order valence-corrected chi connectivity index (χ4v) is 5.08. The molecular weight excluding hydrogens is 560 g/mol. The maximum atomic E-state index is 13.1. The van der Waals surface area contributed by atoms with E-state index in [4.69, 9.17) is 27.9 Å². The van der Waals surface area contributed by atoms with Gasteiger partial charge < -0.3 is 19.7 Å². The van der Waals surface area contributed by atoms with Crippen molar-refractivity contribution in [3.63, 3.8) is 0 Å². The molecule has 0 fully saturated rings. The van der Waals surface area contributed by atoms with E-state index in [1.165, 1.54) is 22.8 Å². The quantitative estimate of drug-likeness (QED) is 0.353. The van der Waals surface area contributed by atoms with Gasteiger partial charge in [0.25, 0.3) is 5.91 Å². The van der Waals surface area contributed by atoms with Crippen molar-refractivity contribution in [1.82, 2.24) is 20.0 Å². The number of fused-ring (bicyclic) bond motifs is 1. The average Bonchev–Trinajstić information content (AvgIpc) is 3.41. The molecule has 206 valence electrons. The topological polar surface area (TPSA) is 93.5 Å². The molecule has 0 saturated heterocycles. The molecule has 2 aromatic carbocycles. The molecule has 0 saturated carbocycles. The van der Waals surface area contributed by atoms with Gasteiger partial charge in [0.1, 0.15) is 30.4 Å². The summed E-state index contributed by atoms with van der Waals surface area (Å²) in [5.74, 6) is -0.290. The predicted octanol–water partition coefficient (Wildman–Crippen LogP) is 5.13. The van der Waals surface area contributed by atoms with Gasteiger partial charge in [0.05, 0.1) is 28.4 Å². The highest BCUT2D eigenvalue weighted by atomic mass is 35.5. The van der Waals surface area contributed by atoms with E-state index in [1.54, 1.807) is 25.1 Å². The van der Waals surface area contributed by atoms with E-state index in [-0.39, 0.29) is 53.5 Å². The first-order valence-electron chi connectivity index (χ1n) is 11.8. The minimum absolute atomic E-state index is 0.0242. The third-order valence-corrected chi connectivity index (χ3v) is 7.06. The number of nitrogens with one attached hydrogen (secondary N) is 1. The SMILES string of the molecule is CNC(=O)C(CCC=O)N1Cc2c(OCc3cnn(-c4c(Cl)cc(C(F)(F)F)cc4Cl)c3C)cccc2C1=O. The number of hydrogen-bond acceptors (Lipinski definition) is 5. The number of carbonyl (C=O) groups is 3. The highest BCUT2D eigenvalue weighted by molar-refractivity contribution is 6.37. The second kappa shape index (κ2) is 11.3. The van der Waals surface area contributed by atoms with Crippen LogP contribution in [0.15, 0.2) is 36.5 Å². The van der Waals surface area contributed by atoms with Crippen LogP contribution in [0.1, 0.15) is 45.6 Å². The van der Waals surface area contributed by atoms with Crippen LogP contribution in [0.4, 0.5) is 13.2 Å². The Morgan fingerprint density at radius 1 is 1.26 bits per heavy atom. The van der Waals surface area contributed by atoms with Crippen molar-refractivity contribution in [1.29, 1.82) is 0 Å². The number of amides is 2. The van der Waals surface area contributed by atoms with E-state index in [0.717, 1.165) is 12.1 Å². The molecule has 4 rings (SSSR count). The summed E-state index contributed by atoms with van der Waals surface area (Å²) in [6, 6.07) is 5.76. The molecule has 0 aliphatic carbocycles. The first-order chi connectivity index (χ1) is 18.5. The van der Waals surface area contributed by atoms with Crippen molar-refractivity contribution < 1.29 is 32.3 Å². The lowest BCUT2D eigenvalue weighted by Gasteiger charge is -2.25. The molecule has 2 amide bonds. The van der Waals surface area contributed by atoms with Crippen LogP contribution in [0.3, 0.4) is 0 Å². The number of aromatic nitrogens is 2. The Bertz CT molecular complexity index is 1420. The molecule has 0 spiro atoms. The molecule has 1 aromatic heterocycles. The Hall–Kier alpha value is -3.57. The highest BCUT2D eigenvalue weighted by Crippen LogP contribution is 2.38. The molecule has 3 aromatic rings. The first kappa shape index (κ1) is 28.4. The molecular formula is C26H23Cl2F3N4O4. The standard InChI is InChI=1S/C26H23Cl2F3N4O4/c1-14-15(11-33-35(14)23-19(27)9-16(10-20(23)28)26(29,30)31)13-39-22-7-3-5-17-18(22)12-34(25(17)38)21(6-4-8-36)24(37)32-2/h3,5,7-11,21H,4,6,12-13H2,1-2H3,(H,32,37). The molecule has 13 heteroatoms. The van der Waals surface area contributed by atoms with Crippen molar-refractivity contribution in [2.45, 2.75) is 45.1 Å². The van der Waals surface area contributed by atoms with Gasteiger partial charge in [-0.15, -0.1) is 0 Å². The number of aldehydes is 1. The zero-order valence-corrected chi connectivity index (χ0v) is 22.3. The Morgan fingerprint density at radius 2 is 1.95 bits per heavy atom. The number of alkyl halides is 3. The second-order valence-electron chi connectivity index (χ2n) is 8.83. The minimum Gasteiger partial charge on any atom is -0.488 e. The van der Waals surface area contributed by atoms with Gasteiger partial charge in [0.15, 0.2) is 0 Å². The molecule has 1 unspecified atom stereocenters. The summed E-state index contributed by atoms with van der Waals surface area (Å²) >= 11 is 12.3. The van der Waals surface area contributed by atoms with Crippen LogP contribution in [0.2, 0.25) is 10.0 Å². The van der Waals surface area contributed by atoms with Gasteiger partial charge in [0.2, 0.25) is 5.91 Å². The number of nitrogens with zero attached hydrogens (tertiary/aromatic N) is 3. The van der Waals surface area contributed by atoms with Crippen LogP contribution in [-0.2, 0) is 28.9 Å². The summed E-state index contributed by atoms with van der Waals surface area (Å²) in [6.07, 6.45) is -2.11. The molecule has 0 bridgehead atoms. The van der Waals surface area contributed by atoms with Gasteiger partial charge in [-0.3, -0.25) is 9.59 Å². The number of halogens is 5. The van der Waals surface area contributed by atoms with Gasteiger partial charge in [-0.05, 0) is 37.6 Å². The smallest absolute Gasteiger partial charge is 0.416 e. The van der Waals surface area contributed by atoms with E-state index in [0.29, 0.717) is 34.4 Å². The monoisotopic (exact) mass is 582 g/mol. The van der Waals surface area contributed by atoms with Gasteiger partial charge >= 0.3 is 6.18 Å². The summed E-state index contributed by atoms with van der Waals surface area (Å²) in [5, 5.41) is 6.35. The molecule has 39 heavy (non-hydrogen) atoms. The van der Waals surface area contributed by atoms with Crippen LogP contribution < -0.4 is 10.1 Å². The zero-order chi connectivity index (χ0) is 28.5. The largest absolute Gasteiger partial charge is 0.488 e. The number of carbonyl (C=O) groups excluding carboxylic acids is 3. The number of benzene rings is 2. The summed E-state index contributed by atoms with van der Waals surface area (Å²) in [7, 11) is 1.46. The first-order valence-corrected chi connectivity index (χ1v) is 12.5. The van der Waals surface area contributed by atoms with Gasteiger partial charge in [-0.2, -0.15) is 18.3 Å². The van der Waals surface area contributed by atoms with Crippen molar-refractivity contribution in [3.05, 3.63) is 74.5 Å². The molecule has 1 aliphatic rings. The second-order valence-corrected chi connectivity index (χ2v) is 9.65. The van der Waals surface area contributed by atoms with Crippen molar-refractivity contribution >= 4 is 41.3 Å². The summed E-state index contributed by atoms with van der Waals surface area (Å²) < 4.78 is 46.7. The predicted molar refractivity (Wildman–Crippen MR) is 137 cm³/mol. The Labute approximate surface area is 231 Å². The summed E-state index contributed by atoms with van der Waals surface area (Å²) in [4.78, 5) is 37.9. The number of likely N-dealkylation sites (N-methyl/N-ethyl adjacent to an activating group) is 1. The van der Waals surface area contributed by atoms with Gasteiger partial charge in [-0.1, -0.05) is 29.3 Å². The Kier molecular flexibility index (Phi) is 8.22. The Balaban J connectivity index is 1.56. The van der Waals surface area contributed by atoms with Crippen molar-refractivity contribution in [3.8, 4) is 11.4 Å². The normalized spacial score (nSPS) is 13.8. The average molecular weight is 583 g/mol. The maximum absolute atomic E-state index is 13.1. The number of ether oxygens (including phenoxy) is 1. The summed E-state index contributed by atoms with van der Waals surface area (Å²) in [5.41, 5.74) is 1.27. The fourth-order valence-electron chi connectivity index (χ4n) is 4.43.